The van der Waals surface area contributed by atoms with Gasteiger partial charge in [0, 0.05) is 0 Å². The zero-order valence-corrected chi connectivity index (χ0v) is 8.48. The van der Waals surface area contributed by atoms with Crippen molar-refractivity contribution in [3.63, 3.8) is 0 Å². The van der Waals surface area contributed by atoms with Crippen LogP contribution in [0.2, 0.25) is 0 Å². The number of nitrogens with two attached hydrogens (primary N) is 1. The minimum Gasteiger partial charge on any atom is -0.394 e. The van der Waals surface area contributed by atoms with Gasteiger partial charge in [-0.15, -0.1) is 0 Å². The first kappa shape index (κ1) is 12.9. The van der Waals surface area contributed by atoms with Crippen molar-refractivity contribution in [1.29, 1.82) is 0 Å². The van der Waals surface area contributed by atoms with E-state index >= 15 is 0 Å². The SMILES string of the molecule is CC(N)(CO)c1ccc(C(F)(F)F)c(F)c1. The second-order valence-corrected chi connectivity index (χ2v) is 3.77. The maximum Gasteiger partial charge on any atom is 0.419 e. The number of rotatable bonds is 2. The quantitative estimate of drug-likeness (QED) is 0.773. The monoisotopic (exact) mass is 237 g/mol. The Morgan fingerprint density at radius 2 is 1.88 bits per heavy atom. The number of aliphatic hydroxyl groups excluding tert-OH is 1. The van der Waals surface area contributed by atoms with E-state index in [-0.39, 0.29) is 5.56 Å². The first-order chi connectivity index (χ1) is 7.18. The summed E-state index contributed by atoms with van der Waals surface area (Å²) >= 11 is 0. The molecule has 0 saturated heterocycles. The van der Waals surface area contributed by atoms with Crippen LogP contribution in [0.3, 0.4) is 0 Å². The van der Waals surface area contributed by atoms with Gasteiger partial charge in [-0.25, -0.2) is 4.39 Å². The highest BCUT2D eigenvalue weighted by molar-refractivity contribution is 5.30. The van der Waals surface area contributed by atoms with Crippen LogP contribution in [0, 0.1) is 5.82 Å². The molecule has 3 N–H and O–H groups in total. The van der Waals surface area contributed by atoms with Crippen LogP contribution in [0.15, 0.2) is 18.2 Å². The molecular weight excluding hydrogens is 226 g/mol. The summed E-state index contributed by atoms with van der Waals surface area (Å²) in [5.74, 6) is -1.39. The van der Waals surface area contributed by atoms with Crippen LogP contribution in [0.4, 0.5) is 17.6 Å². The Morgan fingerprint density at radius 3 is 2.25 bits per heavy atom. The third kappa shape index (κ3) is 2.51. The fraction of sp³-hybridized carbons (Fsp3) is 0.400. The third-order valence-electron chi connectivity index (χ3n) is 2.26. The average Bonchev–Trinajstić information content (AvgIpc) is 2.15. The maximum atomic E-state index is 13.2. The van der Waals surface area contributed by atoms with Crippen LogP contribution < -0.4 is 5.73 Å². The van der Waals surface area contributed by atoms with E-state index in [0.717, 1.165) is 6.07 Å². The molecule has 16 heavy (non-hydrogen) atoms. The Labute approximate surface area is 89.7 Å². The van der Waals surface area contributed by atoms with E-state index in [4.69, 9.17) is 10.8 Å². The second-order valence-electron chi connectivity index (χ2n) is 3.77. The number of benzene rings is 1. The molecule has 0 heterocycles. The number of aliphatic hydroxyl groups is 1. The van der Waals surface area contributed by atoms with Crippen LogP contribution >= 0.6 is 0 Å². The molecule has 0 fully saturated rings. The van der Waals surface area contributed by atoms with E-state index in [1.807, 2.05) is 0 Å². The zero-order chi connectivity index (χ0) is 12.6. The molecule has 0 bridgehead atoms. The van der Waals surface area contributed by atoms with E-state index < -0.39 is 29.7 Å². The third-order valence-corrected chi connectivity index (χ3v) is 2.26. The number of halogens is 4. The molecule has 1 unspecified atom stereocenters. The van der Waals surface area contributed by atoms with Gasteiger partial charge in [0.15, 0.2) is 0 Å². The van der Waals surface area contributed by atoms with Gasteiger partial charge in [0.1, 0.15) is 5.82 Å². The van der Waals surface area contributed by atoms with Crippen molar-refractivity contribution in [1.82, 2.24) is 0 Å². The van der Waals surface area contributed by atoms with E-state index in [0.29, 0.717) is 12.1 Å². The molecule has 90 valence electrons. The van der Waals surface area contributed by atoms with Gasteiger partial charge in [0.25, 0.3) is 0 Å². The van der Waals surface area contributed by atoms with Crippen molar-refractivity contribution in [2.45, 2.75) is 18.6 Å². The molecule has 1 aromatic carbocycles. The lowest BCUT2D eigenvalue weighted by Gasteiger charge is -2.23. The fourth-order valence-corrected chi connectivity index (χ4v) is 1.19. The van der Waals surface area contributed by atoms with E-state index in [2.05, 4.69) is 0 Å². The van der Waals surface area contributed by atoms with Crippen molar-refractivity contribution in [3.05, 3.63) is 35.1 Å². The lowest BCUT2D eigenvalue weighted by Crippen LogP contribution is -2.37. The number of alkyl halides is 3. The molecule has 1 rings (SSSR count). The molecule has 0 aromatic heterocycles. The number of hydrogen-bond acceptors (Lipinski definition) is 2. The first-order valence-electron chi connectivity index (χ1n) is 4.45. The number of hydrogen-bond donors (Lipinski definition) is 2. The van der Waals surface area contributed by atoms with Crippen molar-refractivity contribution in [3.8, 4) is 0 Å². The Hall–Kier alpha value is -1.14. The van der Waals surface area contributed by atoms with Crippen molar-refractivity contribution in [2.24, 2.45) is 5.73 Å². The van der Waals surface area contributed by atoms with E-state index in [1.165, 1.54) is 6.92 Å². The van der Waals surface area contributed by atoms with Gasteiger partial charge in [0.05, 0.1) is 17.7 Å². The molecule has 0 saturated carbocycles. The molecule has 1 aromatic rings. The molecule has 0 spiro atoms. The predicted molar refractivity (Wildman–Crippen MR) is 50.0 cm³/mol. The van der Waals surface area contributed by atoms with Gasteiger partial charge in [-0.1, -0.05) is 6.07 Å². The highest BCUT2D eigenvalue weighted by atomic mass is 19.4. The molecule has 1 atom stereocenters. The highest BCUT2D eigenvalue weighted by Gasteiger charge is 2.34. The van der Waals surface area contributed by atoms with Crippen LogP contribution in [0.25, 0.3) is 0 Å². The Bertz CT molecular complexity index is 387. The molecule has 2 nitrogen and oxygen atoms in total. The summed E-state index contributed by atoms with van der Waals surface area (Å²) in [6, 6.07) is 2.37. The van der Waals surface area contributed by atoms with Crippen molar-refractivity contribution in [2.75, 3.05) is 6.61 Å². The summed E-state index contributed by atoms with van der Waals surface area (Å²) in [6.07, 6.45) is -4.73. The van der Waals surface area contributed by atoms with E-state index in [1.54, 1.807) is 0 Å². The summed E-state index contributed by atoms with van der Waals surface area (Å²) in [7, 11) is 0. The van der Waals surface area contributed by atoms with Gasteiger partial charge in [-0.2, -0.15) is 13.2 Å². The fourth-order valence-electron chi connectivity index (χ4n) is 1.19. The van der Waals surface area contributed by atoms with Crippen molar-refractivity contribution < 1.29 is 22.7 Å². The van der Waals surface area contributed by atoms with Gasteiger partial charge < -0.3 is 10.8 Å². The minimum atomic E-state index is -4.73. The Morgan fingerprint density at radius 1 is 1.31 bits per heavy atom. The van der Waals surface area contributed by atoms with Crippen molar-refractivity contribution >= 4 is 0 Å². The normalized spacial score (nSPS) is 15.9. The van der Waals surface area contributed by atoms with Crippen LogP contribution in [0.1, 0.15) is 18.1 Å². The summed E-state index contributed by atoms with van der Waals surface area (Å²) in [4.78, 5) is 0. The van der Waals surface area contributed by atoms with Gasteiger partial charge in [-0.3, -0.25) is 0 Å². The zero-order valence-electron chi connectivity index (χ0n) is 8.48. The molecule has 6 heteroatoms. The molecule has 0 radical (unpaired) electrons. The lowest BCUT2D eigenvalue weighted by atomic mass is 9.93. The lowest BCUT2D eigenvalue weighted by molar-refractivity contribution is -0.140. The maximum absolute atomic E-state index is 13.2. The van der Waals surface area contributed by atoms with E-state index in [9.17, 15) is 17.6 Å². The molecule has 0 aliphatic carbocycles. The van der Waals surface area contributed by atoms with Gasteiger partial charge in [-0.05, 0) is 24.6 Å². The second kappa shape index (κ2) is 4.03. The Kier molecular flexibility index (Phi) is 3.25. The van der Waals surface area contributed by atoms with Crippen LogP contribution in [-0.2, 0) is 11.7 Å². The summed E-state index contributed by atoms with van der Waals surface area (Å²) < 4.78 is 49.9. The van der Waals surface area contributed by atoms with Gasteiger partial charge in [0.2, 0.25) is 0 Å². The summed E-state index contributed by atoms with van der Waals surface area (Å²) in [6.45, 7) is 0.910. The minimum absolute atomic E-state index is 0.112. The first-order valence-corrected chi connectivity index (χ1v) is 4.45. The topological polar surface area (TPSA) is 46.2 Å². The highest BCUT2D eigenvalue weighted by Crippen LogP contribution is 2.32. The molecule has 0 aliphatic heterocycles. The molecular formula is C10H11F4NO. The molecule has 0 amide bonds. The summed E-state index contributed by atoms with van der Waals surface area (Å²) in [5.41, 5.74) is 3.08. The summed E-state index contributed by atoms with van der Waals surface area (Å²) in [5, 5.41) is 8.90. The standard InChI is InChI=1S/C10H11F4NO/c1-9(15,5-16)6-2-3-7(8(11)4-6)10(12,13)14/h2-4,16H,5,15H2,1H3. The average molecular weight is 237 g/mol. The predicted octanol–water partition coefficient (Wildman–Crippen LogP) is 2.01. The van der Waals surface area contributed by atoms with Crippen LogP contribution in [-0.4, -0.2) is 11.7 Å². The van der Waals surface area contributed by atoms with Crippen LogP contribution in [0.5, 0.6) is 0 Å². The largest absolute Gasteiger partial charge is 0.419 e. The molecule has 0 aliphatic rings. The smallest absolute Gasteiger partial charge is 0.394 e. The van der Waals surface area contributed by atoms with Gasteiger partial charge >= 0.3 is 6.18 Å². The Balaban J connectivity index is 3.20.